The molecule has 1 amide bonds. The number of nitrogens with zero attached hydrogens (tertiary/aromatic N) is 2. The number of rotatable bonds is 7. The van der Waals surface area contributed by atoms with Crippen molar-refractivity contribution in [3.8, 4) is 6.07 Å². The van der Waals surface area contributed by atoms with Crippen LogP contribution in [-0.2, 0) is 27.8 Å². The van der Waals surface area contributed by atoms with Gasteiger partial charge in [-0.2, -0.15) is 9.57 Å². The first-order valence-corrected chi connectivity index (χ1v) is 14.7. The monoisotopic (exact) mass is 522 g/mol. The molecule has 1 heterocycles. The van der Waals surface area contributed by atoms with Crippen LogP contribution < -0.4 is 10.6 Å². The molecule has 1 aliphatic carbocycles. The summed E-state index contributed by atoms with van der Waals surface area (Å²) in [6.45, 7) is 7.64. The van der Waals surface area contributed by atoms with Gasteiger partial charge < -0.3 is 10.6 Å². The summed E-state index contributed by atoms with van der Waals surface area (Å²) in [5.74, 6) is -0.116. The molecule has 2 unspecified atom stereocenters. The van der Waals surface area contributed by atoms with E-state index >= 15 is 0 Å². The van der Waals surface area contributed by atoms with Crippen LogP contribution in [0.3, 0.4) is 0 Å². The second kappa shape index (κ2) is 11.3. The number of benzene rings is 2. The van der Waals surface area contributed by atoms with Crippen LogP contribution >= 0.6 is 0 Å². The van der Waals surface area contributed by atoms with Gasteiger partial charge in [0, 0.05) is 31.1 Å². The minimum absolute atomic E-state index is 0.0470. The molecule has 0 radical (unpaired) electrons. The molecule has 0 bridgehead atoms. The number of carbonyl (C=O) groups excluding carboxylic acids is 1. The lowest BCUT2D eigenvalue weighted by Gasteiger charge is -2.35. The Morgan fingerprint density at radius 1 is 1.11 bits per heavy atom. The number of piperidine rings is 1. The third-order valence-corrected chi connectivity index (χ3v) is 9.19. The zero-order valence-electron chi connectivity index (χ0n) is 22.1. The molecule has 2 aromatic rings. The van der Waals surface area contributed by atoms with Crippen molar-refractivity contribution in [3.05, 3.63) is 64.7 Å². The fourth-order valence-corrected chi connectivity index (χ4v) is 7.06. The zero-order valence-corrected chi connectivity index (χ0v) is 22.9. The van der Waals surface area contributed by atoms with Crippen LogP contribution in [-0.4, -0.2) is 36.8 Å². The Labute approximate surface area is 221 Å². The van der Waals surface area contributed by atoms with Gasteiger partial charge in [-0.25, -0.2) is 8.42 Å². The second-order valence-corrected chi connectivity index (χ2v) is 13.1. The van der Waals surface area contributed by atoms with Gasteiger partial charge >= 0.3 is 0 Å². The maximum absolute atomic E-state index is 13.4. The first-order valence-electron chi connectivity index (χ1n) is 13.2. The van der Waals surface area contributed by atoms with Crippen LogP contribution in [0.2, 0.25) is 0 Å². The number of nitrogens with one attached hydrogen (secondary N) is 2. The molecule has 7 nitrogen and oxygen atoms in total. The Kier molecular flexibility index (Phi) is 8.37. The molecular formula is C29H38N4O3S. The molecule has 2 atom stereocenters. The van der Waals surface area contributed by atoms with Crippen molar-refractivity contribution in [2.75, 3.05) is 6.54 Å². The molecule has 1 fully saturated rings. The number of hydrogen-bond donors (Lipinski definition) is 2. The van der Waals surface area contributed by atoms with Gasteiger partial charge in [-0.1, -0.05) is 30.7 Å². The van der Waals surface area contributed by atoms with E-state index in [1.54, 1.807) is 12.1 Å². The topological polar surface area (TPSA) is 102 Å². The highest BCUT2D eigenvalue weighted by Crippen LogP contribution is 2.32. The van der Waals surface area contributed by atoms with Crippen LogP contribution in [0.15, 0.2) is 47.4 Å². The fraction of sp³-hybridized carbons (Fsp3) is 0.517. The summed E-state index contributed by atoms with van der Waals surface area (Å²) in [5.41, 5.74) is 4.04. The average Bonchev–Trinajstić information content (AvgIpc) is 2.87. The third kappa shape index (κ3) is 6.78. The van der Waals surface area contributed by atoms with E-state index in [1.807, 2.05) is 6.07 Å². The lowest BCUT2D eigenvalue weighted by Crippen LogP contribution is -2.46. The van der Waals surface area contributed by atoms with Gasteiger partial charge in [-0.3, -0.25) is 4.79 Å². The molecular weight excluding hydrogens is 484 g/mol. The molecule has 4 rings (SSSR count). The van der Waals surface area contributed by atoms with E-state index in [0.29, 0.717) is 18.5 Å². The first-order chi connectivity index (χ1) is 17.6. The Hall–Kier alpha value is -2.73. The fourth-order valence-electron chi connectivity index (χ4n) is 5.32. The Morgan fingerprint density at radius 3 is 2.68 bits per heavy atom. The van der Waals surface area contributed by atoms with Gasteiger partial charge in [0.05, 0.1) is 22.6 Å². The summed E-state index contributed by atoms with van der Waals surface area (Å²) >= 11 is 0. The predicted molar refractivity (Wildman–Crippen MR) is 144 cm³/mol. The SMILES string of the molecule is CC(C)(C)NCc1ccc2c(c1)CCCC2NC(=O)CC1CCCCN1S(=O)(=O)c1cccc(C#N)c1. The quantitative estimate of drug-likeness (QED) is 0.554. The summed E-state index contributed by atoms with van der Waals surface area (Å²) in [6.07, 6.45) is 5.32. The summed E-state index contributed by atoms with van der Waals surface area (Å²) < 4.78 is 28.3. The minimum Gasteiger partial charge on any atom is -0.349 e. The van der Waals surface area contributed by atoms with E-state index < -0.39 is 16.1 Å². The second-order valence-electron chi connectivity index (χ2n) is 11.3. The molecule has 198 valence electrons. The van der Waals surface area contributed by atoms with Crippen molar-refractivity contribution in [1.82, 2.24) is 14.9 Å². The van der Waals surface area contributed by atoms with Crippen molar-refractivity contribution < 1.29 is 13.2 Å². The Morgan fingerprint density at radius 2 is 1.92 bits per heavy atom. The lowest BCUT2D eigenvalue weighted by atomic mass is 9.86. The summed E-state index contributed by atoms with van der Waals surface area (Å²) in [7, 11) is -3.80. The van der Waals surface area contributed by atoms with Crippen molar-refractivity contribution >= 4 is 15.9 Å². The normalized spacial score (nSPS) is 20.6. The number of sulfonamides is 1. The van der Waals surface area contributed by atoms with E-state index in [-0.39, 0.29) is 28.8 Å². The molecule has 8 heteroatoms. The number of amides is 1. The maximum atomic E-state index is 13.4. The molecule has 0 spiro atoms. The number of hydrogen-bond acceptors (Lipinski definition) is 5. The van der Waals surface area contributed by atoms with Gasteiger partial charge in [0.1, 0.15) is 0 Å². The van der Waals surface area contributed by atoms with E-state index in [2.05, 4.69) is 49.6 Å². The number of aryl methyl sites for hydroxylation is 1. The number of fused-ring (bicyclic) bond motifs is 1. The van der Waals surface area contributed by atoms with Crippen LogP contribution in [0, 0.1) is 11.3 Å². The molecule has 2 aliphatic rings. The van der Waals surface area contributed by atoms with Crippen molar-refractivity contribution in [2.45, 2.75) is 94.8 Å². The highest BCUT2D eigenvalue weighted by molar-refractivity contribution is 7.89. The van der Waals surface area contributed by atoms with Gasteiger partial charge in [0.15, 0.2) is 0 Å². The van der Waals surface area contributed by atoms with E-state index in [0.717, 1.165) is 38.6 Å². The zero-order chi connectivity index (χ0) is 26.6. The standard InChI is InChI=1S/C29H38N4O3S/c1-29(2,3)31-20-22-13-14-26-23(16-22)9-7-12-27(26)32-28(34)18-24-10-4-5-15-33(24)37(35,36)25-11-6-8-21(17-25)19-30/h6,8,11,13-14,16-17,24,27,31H,4-5,7,9-10,12,15,18,20H2,1-3H3,(H,32,34). The summed E-state index contributed by atoms with van der Waals surface area (Å²) in [6, 6.07) is 14.2. The first kappa shape index (κ1) is 27.3. The molecule has 2 N–H and O–H groups in total. The lowest BCUT2D eigenvalue weighted by molar-refractivity contribution is -0.123. The summed E-state index contributed by atoms with van der Waals surface area (Å²) in [4.78, 5) is 13.3. The molecule has 37 heavy (non-hydrogen) atoms. The van der Waals surface area contributed by atoms with E-state index in [1.165, 1.54) is 33.1 Å². The van der Waals surface area contributed by atoms with Gasteiger partial charge in [-0.15, -0.1) is 0 Å². The Bertz CT molecular complexity index is 1280. The van der Waals surface area contributed by atoms with Crippen molar-refractivity contribution in [2.24, 2.45) is 0 Å². The average molecular weight is 523 g/mol. The predicted octanol–water partition coefficient (Wildman–Crippen LogP) is 4.57. The van der Waals surface area contributed by atoms with Gasteiger partial charge in [0.25, 0.3) is 0 Å². The number of nitriles is 1. The summed E-state index contributed by atoms with van der Waals surface area (Å²) in [5, 5.41) is 15.9. The largest absolute Gasteiger partial charge is 0.349 e. The molecule has 0 aromatic heterocycles. The van der Waals surface area contributed by atoms with Crippen LogP contribution in [0.5, 0.6) is 0 Å². The Balaban J connectivity index is 1.44. The van der Waals surface area contributed by atoms with Crippen LogP contribution in [0.1, 0.15) is 87.6 Å². The van der Waals surface area contributed by atoms with Crippen LogP contribution in [0.25, 0.3) is 0 Å². The smallest absolute Gasteiger partial charge is 0.243 e. The molecule has 2 aromatic carbocycles. The van der Waals surface area contributed by atoms with Crippen molar-refractivity contribution in [3.63, 3.8) is 0 Å². The molecule has 0 saturated carbocycles. The maximum Gasteiger partial charge on any atom is 0.243 e. The van der Waals surface area contributed by atoms with E-state index in [4.69, 9.17) is 0 Å². The molecule has 1 aliphatic heterocycles. The minimum atomic E-state index is -3.80. The van der Waals surface area contributed by atoms with E-state index in [9.17, 15) is 18.5 Å². The molecule has 1 saturated heterocycles. The third-order valence-electron chi connectivity index (χ3n) is 7.24. The number of carbonyl (C=O) groups is 1. The van der Waals surface area contributed by atoms with Gasteiger partial charge in [-0.05, 0) is 87.8 Å². The highest BCUT2D eigenvalue weighted by atomic mass is 32.2. The van der Waals surface area contributed by atoms with Gasteiger partial charge in [0.2, 0.25) is 15.9 Å². The van der Waals surface area contributed by atoms with Crippen LogP contribution in [0.4, 0.5) is 0 Å². The van der Waals surface area contributed by atoms with Crippen molar-refractivity contribution in [1.29, 1.82) is 5.26 Å². The highest BCUT2D eigenvalue weighted by Gasteiger charge is 2.35.